The van der Waals surface area contributed by atoms with Crippen LogP contribution in [0.1, 0.15) is 10.5 Å². The third kappa shape index (κ3) is 2.87. The van der Waals surface area contributed by atoms with Crippen molar-refractivity contribution in [1.82, 2.24) is 15.0 Å². The van der Waals surface area contributed by atoms with Crippen molar-refractivity contribution in [2.24, 2.45) is 5.73 Å². The molecule has 1 amide bonds. The predicted octanol–water partition coefficient (Wildman–Crippen LogP) is 2.49. The molecule has 0 saturated carbocycles. The zero-order chi connectivity index (χ0) is 14.7. The van der Waals surface area contributed by atoms with Gasteiger partial charge in [-0.3, -0.25) is 4.79 Å². The Bertz CT molecular complexity index is 757. The summed E-state index contributed by atoms with van der Waals surface area (Å²) in [6, 6.07) is 7.30. The molecule has 104 valence electrons. The molecule has 0 aromatic carbocycles. The van der Waals surface area contributed by atoms with Gasteiger partial charge < -0.3 is 10.5 Å². The van der Waals surface area contributed by atoms with E-state index in [0.717, 1.165) is 10.4 Å². The molecule has 0 aliphatic rings. The molecule has 0 aliphatic heterocycles. The molecule has 0 aliphatic carbocycles. The lowest BCUT2D eigenvalue weighted by Gasteiger charge is -2.06. The van der Waals surface area contributed by atoms with Crippen LogP contribution in [0, 0.1) is 0 Å². The first-order valence-corrected chi connectivity index (χ1v) is 6.90. The van der Waals surface area contributed by atoms with E-state index in [1.807, 2.05) is 17.5 Å². The number of rotatable bonds is 4. The molecule has 2 N–H and O–H groups in total. The molecule has 0 atom stereocenters. The number of aromatic nitrogens is 3. The number of nitrogens with two attached hydrogens (primary N) is 1. The van der Waals surface area contributed by atoms with Crippen LogP contribution in [0.4, 0.5) is 0 Å². The summed E-state index contributed by atoms with van der Waals surface area (Å²) >= 11 is 1.60. The van der Waals surface area contributed by atoms with Crippen LogP contribution in [0.5, 0.6) is 11.8 Å². The van der Waals surface area contributed by atoms with Gasteiger partial charge in [-0.15, -0.1) is 11.3 Å². The quantitative estimate of drug-likeness (QED) is 0.799. The molecule has 3 heterocycles. The van der Waals surface area contributed by atoms with Gasteiger partial charge in [0.05, 0.1) is 0 Å². The van der Waals surface area contributed by atoms with Gasteiger partial charge in [-0.05, 0) is 23.6 Å². The number of amides is 1. The van der Waals surface area contributed by atoms with Crippen LogP contribution in [0.2, 0.25) is 0 Å². The van der Waals surface area contributed by atoms with E-state index in [9.17, 15) is 4.79 Å². The Balaban J connectivity index is 1.84. The highest BCUT2D eigenvalue weighted by Crippen LogP contribution is 2.25. The van der Waals surface area contributed by atoms with Crippen molar-refractivity contribution in [3.05, 3.63) is 53.9 Å². The minimum absolute atomic E-state index is 0.0448. The van der Waals surface area contributed by atoms with Crippen molar-refractivity contribution in [1.29, 1.82) is 0 Å². The number of thiophene rings is 1. The van der Waals surface area contributed by atoms with E-state index in [0.29, 0.717) is 0 Å². The largest absolute Gasteiger partial charge is 0.422 e. The Kier molecular flexibility index (Phi) is 3.57. The summed E-state index contributed by atoms with van der Waals surface area (Å²) < 4.78 is 5.46. The topological polar surface area (TPSA) is 91.0 Å². The number of pyridine rings is 1. The van der Waals surface area contributed by atoms with Gasteiger partial charge in [0.15, 0.2) is 11.4 Å². The highest BCUT2D eigenvalue weighted by Gasteiger charge is 2.12. The van der Waals surface area contributed by atoms with E-state index in [-0.39, 0.29) is 17.5 Å². The fourth-order valence-electron chi connectivity index (χ4n) is 1.70. The predicted molar refractivity (Wildman–Crippen MR) is 78.2 cm³/mol. The second-order valence-corrected chi connectivity index (χ2v) is 5.00. The Morgan fingerprint density at radius 2 is 1.95 bits per heavy atom. The molecule has 3 rings (SSSR count). The summed E-state index contributed by atoms with van der Waals surface area (Å²) in [6.07, 6.45) is 4.79. The van der Waals surface area contributed by atoms with Crippen LogP contribution in [0.25, 0.3) is 10.4 Å². The zero-order valence-corrected chi connectivity index (χ0v) is 11.6. The average Bonchev–Trinajstić information content (AvgIpc) is 3.03. The van der Waals surface area contributed by atoms with Crippen molar-refractivity contribution in [2.45, 2.75) is 0 Å². The van der Waals surface area contributed by atoms with Crippen LogP contribution in [-0.4, -0.2) is 20.9 Å². The number of ether oxygens (including phenoxy) is 1. The molecule has 0 saturated heterocycles. The Morgan fingerprint density at radius 1 is 1.14 bits per heavy atom. The summed E-state index contributed by atoms with van der Waals surface area (Å²) in [5.74, 6) is -0.435. The van der Waals surface area contributed by atoms with Gasteiger partial charge in [-0.2, -0.15) is 0 Å². The van der Waals surface area contributed by atoms with Crippen LogP contribution in [0.15, 0.2) is 48.2 Å². The van der Waals surface area contributed by atoms with E-state index >= 15 is 0 Å². The van der Waals surface area contributed by atoms with Crippen LogP contribution in [0.3, 0.4) is 0 Å². The molecular weight excluding hydrogens is 288 g/mol. The molecule has 3 aromatic heterocycles. The Hall–Kier alpha value is -2.80. The minimum Gasteiger partial charge on any atom is -0.422 e. The first-order chi connectivity index (χ1) is 10.2. The molecule has 0 fully saturated rings. The first-order valence-electron chi connectivity index (χ1n) is 6.02. The summed E-state index contributed by atoms with van der Waals surface area (Å²) in [4.78, 5) is 24.5. The van der Waals surface area contributed by atoms with Crippen LogP contribution < -0.4 is 10.5 Å². The molecule has 0 spiro atoms. The van der Waals surface area contributed by atoms with Crippen LogP contribution >= 0.6 is 11.3 Å². The van der Waals surface area contributed by atoms with Gasteiger partial charge in [-0.25, -0.2) is 15.0 Å². The van der Waals surface area contributed by atoms with E-state index in [1.165, 1.54) is 6.20 Å². The van der Waals surface area contributed by atoms with Crippen LogP contribution in [-0.2, 0) is 0 Å². The van der Waals surface area contributed by atoms with Crippen molar-refractivity contribution in [3.8, 4) is 22.2 Å². The molecular formula is C14H10N4O2S. The van der Waals surface area contributed by atoms with E-state index < -0.39 is 5.91 Å². The highest BCUT2D eigenvalue weighted by atomic mass is 32.1. The minimum atomic E-state index is -0.666. The fraction of sp³-hybridized carbons (Fsp3) is 0. The molecule has 0 unspecified atom stereocenters. The lowest BCUT2D eigenvalue weighted by Crippen LogP contribution is -2.14. The highest BCUT2D eigenvalue weighted by molar-refractivity contribution is 7.13. The number of carbonyl (C=O) groups excluding carboxylic acids is 1. The number of carbonyl (C=O) groups is 1. The third-order valence-corrected chi connectivity index (χ3v) is 3.56. The maximum atomic E-state index is 11.3. The summed E-state index contributed by atoms with van der Waals surface area (Å²) in [5, 5.41) is 1.98. The molecule has 7 heteroatoms. The van der Waals surface area contributed by atoms with Gasteiger partial charge in [0.1, 0.15) is 0 Å². The number of nitrogens with zero attached hydrogens (tertiary/aromatic N) is 3. The molecule has 0 radical (unpaired) electrons. The number of primary amides is 1. The Labute approximate surface area is 124 Å². The second kappa shape index (κ2) is 5.68. The van der Waals surface area contributed by atoms with Gasteiger partial charge in [0, 0.05) is 29.0 Å². The number of hydrogen-bond donors (Lipinski definition) is 1. The van der Waals surface area contributed by atoms with Gasteiger partial charge in [-0.1, -0.05) is 6.07 Å². The zero-order valence-electron chi connectivity index (χ0n) is 10.8. The van der Waals surface area contributed by atoms with Crippen molar-refractivity contribution in [2.75, 3.05) is 0 Å². The summed E-state index contributed by atoms with van der Waals surface area (Å²) in [5.41, 5.74) is 6.18. The lowest BCUT2D eigenvalue weighted by molar-refractivity contribution is 0.0993. The van der Waals surface area contributed by atoms with E-state index in [4.69, 9.17) is 10.5 Å². The second-order valence-electron chi connectivity index (χ2n) is 4.05. The first kappa shape index (κ1) is 13.2. The Morgan fingerprint density at radius 3 is 2.62 bits per heavy atom. The smallest absolute Gasteiger partial charge is 0.321 e. The fourth-order valence-corrected chi connectivity index (χ4v) is 2.40. The molecule has 3 aromatic rings. The van der Waals surface area contributed by atoms with Gasteiger partial charge in [0.2, 0.25) is 0 Å². The average molecular weight is 298 g/mol. The SMILES string of the molecule is NC(=O)c1ncccc1Oc1ncc(-c2cccs2)cn1. The lowest BCUT2D eigenvalue weighted by atomic mass is 10.3. The van der Waals surface area contributed by atoms with Gasteiger partial charge >= 0.3 is 6.01 Å². The monoisotopic (exact) mass is 298 g/mol. The van der Waals surface area contributed by atoms with E-state index in [1.54, 1.807) is 35.9 Å². The third-order valence-electron chi connectivity index (χ3n) is 2.64. The molecule has 0 bridgehead atoms. The normalized spacial score (nSPS) is 10.3. The standard InChI is InChI=1S/C14H10N4O2S/c15-13(19)12-10(3-1-5-16-12)20-14-17-7-9(8-18-14)11-4-2-6-21-11/h1-8H,(H2,15,19). The van der Waals surface area contributed by atoms with Crippen molar-refractivity contribution < 1.29 is 9.53 Å². The maximum Gasteiger partial charge on any atom is 0.321 e. The summed E-state index contributed by atoms with van der Waals surface area (Å²) in [7, 11) is 0. The van der Waals surface area contributed by atoms with E-state index in [2.05, 4.69) is 15.0 Å². The molecule has 21 heavy (non-hydrogen) atoms. The summed E-state index contributed by atoms with van der Waals surface area (Å²) in [6.45, 7) is 0. The number of hydrogen-bond acceptors (Lipinski definition) is 6. The van der Waals surface area contributed by atoms with Crippen molar-refractivity contribution in [3.63, 3.8) is 0 Å². The maximum absolute atomic E-state index is 11.3. The van der Waals surface area contributed by atoms with Crippen molar-refractivity contribution >= 4 is 17.2 Å². The van der Waals surface area contributed by atoms with Gasteiger partial charge in [0.25, 0.3) is 5.91 Å². The molecule has 6 nitrogen and oxygen atoms in total.